The standard InChI is InChI=1S/C21H36N2O11/c1-11-14(22-9-24)16(27)17(28)21(33-11)34-19-15(23-10-25)12(2)32-20(18(19)29)31-8-6-4-5-7-13(26)30-3/h9-12,14-21,27-29H,4-8H2,1-3H3,(H,22,24)(H,23,25)/t11-,12-,14-,15-,16+,17+,18+,19+,20+,21-/m1/s1. The maximum absolute atomic E-state index is 11.2. The van der Waals surface area contributed by atoms with Crippen LogP contribution in [0, 0.1) is 0 Å². The molecule has 2 fully saturated rings. The third kappa shape index (κ3) is 7.31. The van der Waals surface area contributed by atoms with E-state index in [0.717, 1.165) is 0 Å². The number of hydrogen-bond acceptors (Lipinski definition) is 11. The summed E-state index contributed by atoms with van der Waals surface area (Å²) < 4.78 is 27.5. The van der Waals surface area contributed by atoms with Crippen LogP contribution in [0.25, 0.3) is 0 Å². The number of nitrogens with one attached hydrogen (secondary N) is 2. The van der Waals surface area contributed by atoms with Gasteiger partial charge in [-0.2, -0.15) is 0 Å². The number of unbranched alkanes of at least 4 members (excludes halogenated alkanes) is 2. The Kier molecular flexibility index (Phi) is 11.6. The van der Waals surface area contributed by atoms with E-state index in [9.17, 15) is 29.7 Å². The Balaban J connectivity index is 1.99. The molecule has 2 amide bonds. The number of aliphatic hydroxyl groups is 3. The summed E-state index contributed by atoms with van der Waals surface area (Å²) in [4.78, 5) is 33.1. The molecule has 13 heteroatoms. The molecule has 2 saturated heterocycles. The van der Waals surface area contributed by atoms with Crippen molar-refractivity contribution in [1.82, 2.24) is 10.6 Å². The van der Waals surface area contributed by atoms with Gasteiger partial charge in [0.15, 0.2) is 12.6 Å². The highest BCUT2D eigenvalue weighted by atomic mass is 16.7. The molecule has 2 heterocycles. The lowest BCUT2D eigenvalue weighted by Crippen LogP contribution is -2.67. The molecule has 13 nitrogen and oxygen atoms in total. The Labute approximate surface area is 198 Å². The van der Waals surface area contributed by atoms with Crippen LogP contribution < -0.4 is 10.6 Å². The summed E-state index contributed by atoms with van der Waals surface area (Å²) >= 11 is 0. The first-order chi connectivity index (χ1) is 16.2. The highest BCUT2D eigenvalue weighted by Gasteiger charge is 2.50. The minimum Gasteiger partial charge on any atom is -0.469 e. The van der Waals surface area contributed by atoms with Crippen molar-refractivity contribution in [3.63, 3.8) is 0 Å². The van der Waals surface area contributed by atoms with Crippen LogP contribution in [0.1, 0.15) is 39.5 Å². The number of carbonyl (C=O) groups is 3. The third-order valence-electron chi connectivity index (χ3n) is 6.02. The molecule has 2 rings (SSSR count). The normalized spacial score (nSPS) is 38.1. The van der Waals surface area contributed by atoms with E-state index in [1.54, 1.807) is 13.8 Å². The first-order valence-corrected chi connectivity index (χ1v) is 11.3. The summed E-state index contributed by atoms with van der Waals surface area (Å²) in [7, 11) is 1.33. The van der Waals surface area contributed by atoms with Crippen molar-refractivity contribution in [3.8, 4) is 0 Å². The summed E-state index contributed by atoms with van der Waals surface area (Å²) in [5.41, 5.74) is 0. The molecule has 0 bridgehead atoms. The molecular formula is C21H36N2O11. The van der Waals surface area contributed by atoms with Gasteiger partial charge >= 0.3 is 5.97 Å². The van der Waals surface area contributed by atoms with E-state index in [4.69, 9.17) is 18.9 Å². The number of ether oxygens (including phenoxy) is 5. The van der Waals surface area contributed by atoms with Crippen molar-refractivity contribution in [2.75, 3.05) is 13.7 Å². The van der Waals surface area contributed by atoms with Crippen molar-refractivity contribution in [2.24, 2.45) is 0 Å². The number of hydrogen-bond donors (Lipinski definition) is 5. The zero-order valence-electron chi connectivity index (χ0n) is 19.6. The Morgan fingerprint density at radius 1 is 0.882 bits per heavy atom. The number of amides is 2. The zero-order valence-corrected chi connectivity index (χ0v) is 19.6. The second-order valence-electron chi connectivity index (χ2n) is 8.37. The van der Waals surface area contributed by atoms with Gasteiger partial charge in [-0.15, -0.1) is 0 Å². The fourth-order valence-electron chi connectivity index (χ4n) is 4.08. The van der Waals surface area contributed by atoms with Gasteiger partial charge in [-0.05, 0) is 26.7 Å². The van der Waals surface area contributed by atoms with Gasteiger partial charge in [0.05, 0.1) is 31.4 Å². The van der Waals surface area contributed by atoms with Crippen LogP contribution in [-0.2, 0) is 38.1 Å². The molecule has 0 aromatic rings. The molecule has 34 heavy (non-hydrogen) atoms. The molecule has 0 radical (unpaired) electrons. The quantitative estimate of drug-likeness (QED) is 0.108. The van der Waals surface area contributed by atoms with Gasteiger partial charge in [-0.3, -0.25) is 14.4 Å². The molecule has 0 aliphatic carbocycles. The van der Waals surface area contributed by atoms with Gasteiger partial charge in [0.25, 0.3) is 0 Å². The summed E-state index contributed by atoms with van der Waals surface area (Å²) in [6.07, 6.45) is -6.07. The summed E-state index contributed by atoms with van der Waals surface area (Å²) in [6.45, 7) is 3.49. The third-order valence-corrected chi connectivity index (χ3v) is 6.02. The lowest BCUT2D eigenvalue weighted by molar-refractivity contribution is -0.332. The van der Waals surface area contributed by atoms with E-state index < -0.39 is 61.3 Å². The van der Waals surface area contributed by atoms with Gasteiger partial charge in [-0.25, -0.2) is 0 Å². The molecule has 10 atom stereocenters. The maximum Gasteiger partial charge on any atom is 0.305 e. The fraction of sp³-hybridized carbons (Fsp3) is 0.857. The SMILES string of the molecule is COC(=O)CCCCCO[C@H]1O[C@H](C)[C@@H](NC=O)[C@H](O[C@H]2O[C@H](C)[C@@H](NC=O)[C@H](O)[C@@H]2O)[C@@H]1O. The van der Waals surface area contributed by atoms with Crippen LogP contribution in [0.15, 0.2) is 0 Å². The van der Waals surface area contributed by atoms with Gasteiger partial charge in [0.1, 0.15) is 24.4 Å². The average molecular weight is 493 g/mol. The van der Waals surface area contributed by atoms with Crippen LogP contribution in [0.5, 0.6) is 0 Å². The van der Waals surface area contributed by atoms with Crippen LogP contribution in [0.2, 0.25) is 0 Å². The van der Waals surface area contributed by atoms with Gasteiger partial charge in [0.2, 0.25) is 12.8 Å². The minimum atomic E-state index is -1.54. The second-order valence-corrected chi connectivity index (χ2v) is 8.37. The number of carbonyl (C=O) groups excluding carboxylic acids is 3. The number of rotatable bonds is 13. The first-order valence-electron chi connectivity index (χ1n) is 11.3. The molecule has 0 unspecified atom stereocenters. The van der Waals surface area contributed by atoms with Gasteiger partial charge in [0, 0.05) is 13.0 Å². The largest absolute Gasteiger partial charge is 0.469 e. The van der Waals surface area contributed by atoms with E-state index in [0.29, 0.717) is 38.5 Å². The highest BCUT2D eigenvalue weighted by Crippen LogP contribution is 2.29. The number of esters is 1. The summed E-state index contributed by atoms with van der Waals surface area (Å²) in [6, 6.07) is -1.66. The molecule has 5 N–H and O–H groups in total. The molecular weight excluding hydrogens is 456 g/mol. The van der Waals surface area contributed by atoms with Crippen LogP contribution in [-0.4, -0.2) is 109 Å². The number of aliphatic hydroxyl groups excluding tert-OH is 3. The lowest BCUT2D eigenvalue weighted by Gasteiger charge is -2.47. The zero-order chi connectivity index (χ0) is 25.3. The van der Waals surface area contributed by atoms with Crippen LogP contribution >= 0.6 is 0 Å². The Bertz CT molecular complexity index is 654. The predicted molar refractivity (Wildman–Crippen MR) is 114 cm³/mol. The highest BCUT2D eigenvalue weighted by molar-refractivity contribution is 5.68. The van der Waals surface area contributed by atoms with E-state index in [2.05, 4.69) is 15.4 Å². The van der Waals surface area contributed by atoms with E-state index in [1.165, 1.54) is 7.11 Å². The van der Waals surface area contributed by atoms with Crippen LogP contribution in [0.4, 0.5) is 0 Å². The van der Waals surface area contributed by atoms with Crippen molar-refractivity contribution in [2.45, 2.75) is 101 Å². The summed E-state index contributed by atoms with van der Waals surface area (Å²) in [5, 5.41) is 36.7. The lowest BCUT2D eigenvalue weighted by atomic mass is 9.95. The van der Waals surface area contributed by atoms with E-state index >= 15 is 0 Å². The van der Waals surface area contributed by atoms with Crippen molar-refractivity contribution in [3.05, 3.63) is 0 Å². The number of methoxy groups -OCH3 is 1. The predicted octanol–water partition coefficient (Wildman–Crippen LogP) is -2.08. The molecule has 0 spiro atoms. The van der Waals surface area contributed by atoms with Crippen LogP contribution in [0.3, 0.4) is 0 Å². The van der Waals surface area contributed by atoms with Crippen molar-refractivity contribution in [1.29, 1.82) is 0 Å². The average Bonchev–Trinajstić information content (AvgIpc) is 2.81. The van der Waals surface area contributed by atoms with Crippen molar-refractivity contribution < 1.29 is 53.4 Å². The molecule has 2 aliphatic rings. The van der Waals surface area contributed by atoms with E-state index in [1.807, 2.05) is 0 Å². The second kappa shape index (κ2) is 13.9. The maximum atomic E-state index is 11.2. The summed E-state index contributed by atoms with van der Waals surface area (Å²) in [5.74, 6) is -0.283. The Hall–Kier alpha value is -1.87. The molecule has 0 aromatic carbocycles. The van der Waals surface area contributed by atoms with Crippen molar-refractivity contribution >= 4 is 18.8 Å². The Morgan fingerprint density at radius 2 is 1.50 bits per heavy atom. The first kappa shape index (κ1) is 28.4. The topological polar surface area (TPSA) is 182 Å². The molecule has 0 aromatic heterocycles. The Morgan fingerprint density at radius 3 is 2.15 bits per heavy atom. The van der Waals surface area contributed by atoms with Gasteiger partial charge in [-0.1, -0.05) is 6.42 Å². The smallest absolute Gasteiger partial charge is 0.305 e. The molecule has 2 aliphatic heterocycles. The monoisotopic (exact) mass is 492 g/mol. The minimum absolute atomic E-state index is 0.242. The fourth-order valence-corrected chi connectivity index (χ4v) is 4.08. The van der Waals surface area contributed by atoms with E-state index in [-0.39, 0.29) is 12.6 Å². The molecule has 196 valence electrons. The van der Waals surface area contributed by atoms with Gasteiger partial charge < -0.3 is 49.6 Å². The molecule has 0 saturated carbocycles.